The molecule has 1 N–H and O–H groups in total. The van der Waals surface area contributed by atoms with Crippen molar-refractivity contribution in [3.8, 4) is 5.75 Å². The number of rotatable bonds is 7. The average molecular weight is 346 g/mol. The molecule has 0 aliphatic carbocycles. The van der Waals surface area contributed by atoms with Gasteiger partial charge in [-0.2, -0.15) is 0 Å². The molecule has 0 spiro atoms. The van der Waals surface area contributed by atoms with E-state index in [0.717, 1.165) is 28.3 Å². The number of benzene rings is 1. The van der Waals surface area contributed by atoms with Crippen molar-refractivity contribution in [2.24, 2.45) is 5.92 Å². The molecule has 130 valence electrons. The molecule has 2 atom stereocenters. The first-order chi connectivity index (χ1) is 11.4. The third kappa shape index (κ3) is 4.07. The molecule has 0 bridgehead atoms. The maximum absolute atomic E-state index is 11.6. The van der Waals surface area contributed by atoms with Crippen molar-refractivity contribution in [3.63, 3.8) is 0 Å². The van der Waals surface area contributed by atoms with Crippen molar-refractivity contribution in [2.45, 2.75) is 19.4 Å². The fourth-order valence-corrected chi connectivity index (χ4v) is 4.06. The van der Waals surface area contributed by atoms with E-state index in [9.17, 15) is 5.11 Å². The molecule has 0 saturated heterocycles. The van der Waals surface area contributed by atoms with Gasteiger partial charge in [0.2, 0.25) is 0 Å². The summed E-state index contributed by atoms with van der Waals surface area (Å²) in [6.45, 7) is 4.92. The Hall–Kier alpha value is -1.62. The molecule has 0 amide bonds. The maximum Gasteiger partial charge on any atom is 0.124 e. The van der Waals surface area contributed by atoms with Gasteiger partial charge >= 0.3 is 0 Å². The lowest BCUT2D eigenvalue weighted by Crippen LogP contribution is -2.39. The van der Waals surface area contributed by atoms with Crippen LogP contribution in [0.4, 0.5) is 0 Å². The van der Waals surface area contributed by atoms with Crippen molar-refractivity contribution < 1.29 is 9.84 Å². The van der Waals surface area contributed by atoms with Gasteiger partial charge in [0.05, 0.1) is 7.11 Å². The molecule has 1 aromatic heterocycles. The molecule has 0 saturated carbocycles. The molecule has 2 aromatic rings. The number of hydrogen-bond donors (Lipinski definition) is 1. The molecule has 1 heterocycles. The lowest BCUT2D eigenvalue weighted by Gasteiger charge is -2.36. The van der Waals surface area contributed by atoms with Crippen molar-refractivity contribution in [2.75, 3.05) is 27.7 Å². The smallest absolute Gasteiger partial charge is 0.124 e. The van der Waals surface area contributed by atoms with Crippen molar-refractivity contribution in [1.29, 1.82) is 0 Å². The van der Waals surface area contributed by atoms with Crippen LogP contribution in [0, 0.1) is 5.92 Å². The lowest BCUT2D eigenvalue weighted by molar-refractivity contribution is 0.0138. The second kappa shape index (κ2) is 7.97. The highest BCUT2D eigenvalue weighted by atomic mass is 32.1. The Morgan fingerprint density at radius 2 is 1.96 bits per heavy atom. The number of ether oxygens (including phenoxy) is 1. The Kier molecular flexibility index (Phi) is 6.21. The SMILES string of the molecule is COc1ccc(C=C(C)C(O)(c2cccs2)C(C)CN(C)C)cc1. The van der Waals surface area contributed by atoms with Gasteiger partial charge in [0.25, 0.3) is 0 Å². The summed E-state index contributed by atoms with van der Waals surface area (Å²) >= 11 is 1.60. The molecule has 1 aromatic carbocycles. The zero-order valence-corrected chi connectivity index (χ0v) is 15.9. The number of hydrogen-bond acceptors (Lipinski definition) is 4. The third-order valence-corrected chi connectivity index (χ3v) is 5.34. The first-order valence-electron chi connectivity index (χ1n) is 8.11. The molecule has 0 radical (unpaired) electrons. The summed E-state index contributed by atoms with van der Waals surface area (Å²) in [4.78, 5) is 3.10. The highest BCUT2D eigenvalue weighted by Crippen LogP contribution is 2.40. The van der Waals surface area contributed by atoms with Crippen molar-refractivity contribution in [3.05, 3.63) is 57.8 Å². The Labute approximate surface area is 149 Å². The van der Waals surface area contributed by atoms with Crippen LogP contribution in [0.5, 0.6) is 5.75 Å². The summed E-state index contributed by atoms with van der Waals surface area (Å²) in [5.41, 5.74) is 1.03. The highest BCUT2D eigenvalue weighted by molar-refractivity contribution is 7.10. The lowest BCUT2D eigenvalue weighted by atomic mass is 9.80. The van der Waals surface area contributed by atoms with Gasteiger partial charge in [0.15, 0.2) is 0 Å². The normalized spacial score (nSPS) is 16.0. The van der Waals surface area contributed by atoms with E-state index in [4.69, 9.17) is 4.74 Å². The van der Waals surface area contributed by atoms with Crippen LogP contribution in [0.1, 0.15) is 24.3 Å². The van der Waals surface area contributed by atoms with Gasteiger partial charge in [-0.1, -0.05) is 31.2 Å². The summed E-state index contributed by atoms with van der Waals surface area (Å²) in [5.74, 6) is 0.903. The van der Waals surface area contributed by atoms with Gasteiger partial charge in [0, 0.05) is 17.3 Å². The second-order valence-corrected chi connectivity index (χ2v) is 7.46. The van der Waals surface area contributed by atoms with Crippen LogP contribution < -0.4 is 4.74 Å². The van der Waals surface area contributed by atoms with E-state index in [1.165, 1.54) is 0 Å². The van der Waals surface area contributed by atoms with Crippen LogP contribution >= 0.6 is 11.3 Å². The minimum Gasteiger partial charge on any atom is -0.497 e. The first-order valence-corrected chi connectivity index (χ1v) is 8.99. The van der Waals surface area contributed by atoms with Crippen LogP contribution in [0.3, 0.4) is 0 Å². The Morgan fingerprint density at radius 3 is 2.46 bits per heavy atom. The fourth-order valence-electron chi connectivity index (χ4n) is 3.06. The number of methoxy groups -OCH3 is 1. The van der Waals surface area contributed by atoms with Crippen LogP contribution in [-0.2, 0) is 5.60 Å². The molecule has 0 fully saturated rings. The molecule has 2 unspecified atom stereocenters. The van der Waals surface area contributed by atoms with E-state index in [2.05, 4.69) is 17.9 Å². The maximum atomic E-state index is 11.6. The standard InChI is InChI=1S/C20H27NO2S/c1-15(13-17-8-10-18(23-5)11-9-17)20(22,16(2)14-21(3)4)19-7-6-12-24-19/h6-13,16,22H,14H2,1-5H3. The Bertz CT molecular complexity index is 661. The van der Waals surface area contributed by atoms with Gasteiger partial charge in [-0.05, 0) is 55.7 Å². The van der Waals surface area contributed by atoms with Gasteiger partial charge in [-0.25, -0.2) is 0 Å². The van der Waals surface area contributed by atoms with E-state index in [1.807, 2.05) is 62.8 Å². The van der Waals surface area contributed by atoms with Crippen LogP contribution in [-0.4, -0.2) is 37.8 Å². The number of aliphatic hydroxyl groups is 1. The molecular weight excluding hydrogens is 318 g/mol. The molecule has 3 nitrogen and oxygen atoms in total. The van der Waals surface area contributed by atoms with E-state index in [1.54, 1.807) is 18.4 Å². The van der Waals surface area contributed by atoms with Crippen LogP contribution in [0.15, 0.2) is 47.4 Å². The Morgan fingerprint density at radius 1 is 1.29 bits per heavy atom. The summed E-state index contributed by atoms with van der Waals surface area (Å²) in [7, 11) is 5.73. The van der Waals surface area contributed by atoms with Gasteiger partial charge in [-0.3, -0.25) is 0 Å². The largest absolute Gasteiger partial charge is 0.497 e. The van der Waals surface area contributed by atoms with Crippen LogP contribution in [0.25, 0.3) is 6.08 Å². The summed E-state index contributed by atoms with van der Waals surface area (Å²) < 4.78 is 5.21. The molecule has 0 aliphatic rings. The van der Waals surface area contributed by atoms with E-state index in [0.29, 0.717) is 0 Å². The second-order valence-electron chi connectivity index (χ2n) is 6.51. The minimum absolute atomic E-state index is 0.0700. The quantitative estimate of drug-likeness (QED) is 0.814. The van der Waals surface area contributed by atoms with Crippen molar-refractivity contribution >= 4 is 17.4 Å². The number of nitrogens with zero attached hydrogens (tertiary/aromatic N) is 1. The zero-order chi connectivity index (χ0) is 17.7. The van der Waals surface area contributed by atoms with Crippen LogP contribution in [0.2, 0.25) is 0 Å². The topological polar surface area (TPSA) is 32.7 Å². The fraction of sp³-hybridized carbons (Fsp3) is 0.400. The molecule has 0 aliphatic heterocycles. The predicted octanol–water partition coefficient (Wildman–Crippen LogP) is 4.25. The molecule has 24 heavy (non-hydrogen) atoms. The van der Waals surface area contributed by atoms with Crippen molar-refractivity contribution in [1.82, 2.24) is 4.90 Å². The van der Waals surface area contributed by atoms with Gasteiger partial charge in [0.1, 0.15) is 11.4 Å². The summed E-state index contributed by atoms with van der Waals surface area (Å²) in [6, 6.07) is 11.9. The molecular formula is C20H27NO2S. The number of thiophene rings is 1. The van der Waals surface area contributed by atoms with Gasteiger partial charge < -0.3 is 14.7 Å². The van der Waals surface area contributed by atoms with E-state index in [-0.39, 0.29) is 5.92 Å². The zero-order valence-electron chi connectivity index (χ0n) is 15.1. The summed E-state index contributed by atoms with van der Waals surface area (Å²) in [5, 5.41) is 13.6. The monoisotopic (exact) mass is 345 g/mol. The third-order valence-electron chi connectivity index (χ3n) is 4.35. The molecule has 4 heteroatoms. The Balaban J connectivity index is 2.40. The first kappa shape index (κ1) is 18.7. The van der Waals surface area contributed by atoms with E-state index < -0.39 is 5.60 Å². The van der Waals surface area contributed by atoms with E-state index >= 15 is 0 Å². The highest BCUT2D eigenvalue weighted by Gasteiger charge is 2.38. The summed E-state index contributed by atoms with van der Waals surface area (Å²) in [6.07, 6.45) is 2.06. The average Bonchev–Trinajstić information content (AvgIpc) is 3.08. The van der Waals surface area contributed by atoms with Gasteiger partial charge in [-0.15, -0.1) is 11.3 Å². The minimum atomic E-state index is -0.974. The molecule has 2 rings (SSSR count). The predicted molar refractivity (Wildman–Crippen MR) is 103 cm³/mol.